The molecule has 1 aromatic heterocycles. The Bertz CT molecular complexity index is 606. The number of hydrogen-bond donors (Lipinski definition) is 0. The number of benzene rings is 1. The van der Waals surface area contributed by atoms with Crippen LogP contribution in [0.5, 0.6) is 17.2 Å². The summed E-state index contributed by atoms with van der Waals surface area (Å²) in [7, 11) is 6.69. The summed E-state index contributed by atoms with van der Waals surface area (Å²) in [5, 5.41) is 0. The highest BCUT2D eigenvalue weighted by Gasteiger charge is 2.16. The first-order chi connectivity index (χ1) is 10.1. The Balaban J connectivity index is 2.48. The van der Waals surface area contributed by atoms with Crippen LogP contribution in [0.25, 0.3) is 0 Å². The molecule has 0 unspecified atom stereocenters. The molecule has 6 heteroatoms. The molecular formula is C15H19N3O3. The summed E-state index contributed by atoms with van der Waals surface area (Å²) in [6.07, 6.45) is 1.73. The molecule has 2 rings (SSSR count). The first-order valence-corrected chi connectivity index (χ1v) is 6.44. The van der Waals surface area contributed by atoms with Crippen LogP contribution in [0.15, 0.2) is 24.4 Å². The summed E-state index contributed by atoms with van der Waals surface area (Å²) in [6, 6.07) is 5.59. The van der Waals surface area contributed by atoms with Crippen LogP contribution >= 0.6 is 0 Å². The molecule has 0 fully saturated rings. The van der Waals surface area contributed by atoms with Gasteiger partial charge in [0.25, 0.3) is 0 Å². The first kappa shape index (κ1) is 14.9. The summed E-state index contributed by atoms with van der Waals surface area (Å²) in [5.41, 5.74) is 0.877. The highest BCUT2D eigenvalue weighted by Crippen LogP contribution is 2.41. The van der Waals surface area contributed by atoms with Gasteiger partial charge >= 0.3 is 0 Å². The number of nitrogens with zero attached hydrogens (tertiary/aromatic N) is 3. The number of anilines is 2. The van der Waals surface area contributed by atoms with E-state index in [0.717, 1.165) is 11.5 Å². The molecule has 6 nitrogen and oxygen atoms in total. The summed E-state index contributed by atoms with van der Waals surface area (Å²) < 4.78 is 16.1. The van der Waals surface area contributed by atoms with Gasteiger partial charge in [-0.25, -0.2) is 9.97 Å². The zero-order valence-electron chi connectivity index (χ0n) is 12.9. The van der Waals surface area contributed by atoms with E-state index in [0.29, 0.717) is 23.1 Å². The van der Waals surface area contributed by atoms with Crippen molar-refractivity contribution < 1.29 is 14.2 Å². The van der Waals surface area contributed by atoms with Crippen molar-refractivity contribution in [2.75, 3.05) is 33.3 Å². The molecule has 0 N–H and O–H groups in total. The zero-order chi connectivity index (χ0) is 15.4. The van der Waals surface area contributed by atoms with E-state index in [9.17, 15) is 0 Å². The fourth-order valence-corrected chi connectivity index (χ4v) is 2.02. The average molecular weight is 289 g/mol. The van der Waals surface area contributed by atoms with E-state index in [1.807, 2.05) is 37.1 Å². The van der Waals surface area contributed by atoms with Crippen LogP contribution in [0.1, 0.15) is 5.82 Å². The van der Waals surface area contributed by atoms with Crippen molar-refractivity contribution in [2.45, 2.75) is 6.92 Å². The lowest BCUT2D eigenvalue weighted by Gasteiger charge is -2.21. The molecule has 0 radical (unpaired) electrons. The number of hydrogen-bond acceptors (Lipinski definition) is 6. The minimum atomic E-state index is 0.566. The van der Waals surface area contributed by atoms with Crippen molar-refractivity contribution in [3.63, 3.8) is 0 Å². The molecule has 0 amide bonds. The van der Waals surface area contributed by atoms with Crippen molar-refractivity contribution in [1.29, 1.82) is 0 Å². The van der Waals surface area contributed by atoms with Gasteiger partial charge in [0.05, 0.1) is 21.3 Å². The SMILES string of the molecule is COc1cc(N(C)c2ccnc(C)n2)cc(OC)c1OC. The second-order valence-corrected chi connectivity index (χ2v) is 4.40. The molecule has 1 heterocycles. The Morgan fingerprint density at radius 1 is 1.00 bits per heavy atom. The third kappa shape index (κ3) is 2.99. The van der Waals surface area contributed by atoms with E-state index >= 15 is 0 Å². The van der Waals surface area contributed by atoms with Crippen molar-refractivity contribution in [1.82, 2.24) is 9.97 Å². The normalized spacial score (nSPS) is 10.1. The molecule has 0 aliphatic carbocycles. The van der Waals surface area contributed by atoms with Crippen LogP contribution in [0.2, 0.25) is 0 Å². The topological polar surface area (TPSA) is 56.7 Å². The minimum absolute atomic E-state index is 0.566. The lowest BCUT2D eigenvalue weighted by Crippen LogP contribution is -2.12. The quantitative estimate of drug-likeness (QED) is 0.843. The van der Waals surface area contributed by atoms with E-state index in [1.54, 1.807) is 27.5 Å². The number of ether oxygens (including phenoxy) is 3. The zero-order valence-corrected chi connectivity index (χ0v) is 12.9. The molecule has 2 aromatic rings. The molecule has 0 saturated carbocycles. The van der Waals surface area contributed by atoms with E-state index in [2.05, 4.69) is 9.97 Å². The van der Waals surface area contributed by atoms with Crippen LogP contribution in [0.4, 0.5) is 11.5 Å². The summed E-state index contributed by atoms with van der Waals surface area (Å²) >= 11 is 0. The maximum Gasteiger partial charge on any atom is 0.203 e. The van der Waals surface area contributed by atoms with Gasteiger partial charge in [-0.15, -0.1) is 0 Å². The minimum Gasteiger partial charge on any atom is -0.493 e. The fourth-order valence-electron chi connectivity index (χ4n) is 2.02. The van der Waals surface area contributed by atoms with Gasteiger partial charge in [0.15, 0.2) is 11.5 Å². The summed E-state index contributed by atoms with van der Waals surface area (Å²) in [5.74, 6) is 3.27. The van der Waals surface area contributed by atoms with Gasteiger partial charge in [0.1, 0.15) is 11.6 Å². The van der Waals surface area contributed by atoms with Crippen LogP contribution < -0.4 is 19.1 Å². The predicted octanol–water partition coefficient (Wildman–Crippen LogP) is 2.58. The number of rotatable bonds is 5. The molecule has 0 saturated heterocycles. The van der Waals surface area contributed by atoms with Gasteiger partial charge in [-0.1, -0.05) is 0 Å². The molecule has 0 aliphatic heterocycles. The molecule has 0 bridgehead atoms. The van der Waals surface area contributed by atoms with Crippen molar-refractivity contribution >= 4 is 11.5 Å². The maximum atomic E-state index is 5.36. The summed E-state index contributed by atoms with van der Waals surface area (Å²) in [6.45, 7) is 1.85. The molecule has 0 atom stereocenters. The monoisotopic (exact) mass is 289 g/mol. The Morgan fingerprint density at radius 3 is 2.10 bits per heavy atom. The lowest BCUT2D eigenvalue weighted by atomic mass is 10.2. The third-order valence-electron chi connectivity index (χ3n) is 3.14. The van der Waals surface area contributed by atoms with Crippen molar-refractivity contribution in [2.24, 2.45) is 0 Å². The first-order valence-electron chi connectivity index (χ1n) is 6.44. The fraction of sp³-hybridized carbons (Fsp3) is 0.333. The largest absolute Gasteiger partial charge is 0.493 e. The smallest absolute Gasteiger partial charge is 0.203 e. The van der Waals surface area contributed by atoms with Crippen molar-refractivity contribution in [3.05, 3.63) is 30.2 Å². The van der Waals surface area contributed by atoms with Crippen LogP contribution in [-0.2, 0) is 0 Å². The van der Waals surface area contributed by atoms with Crippen LogP contribution in [0, 0.1) is 6.92 Å². The summed E-state index contributed by atoms with van der Waals surface area (Å²) in [4.78, 5) is 10.4. The van der Waals surface area contributed by atoms with Gasteiger partial charge in [-0.3, -0.25) is 0 Å². The van der Waals surface area contributed by atoms with Gasteiger partial charge in [-0.2, -0.15) is 0 Å². The number of methoxy groups -OCH3 is 3. The van der Waals surface area contributed by atoms with Crippen LogP contribution in [0.3, 0.4) is 0 Å². The van der Waals surface area contributed by atoms with E-state index in [1.165, 1.54) is 0 Å². The third-order valence-corrected chi connectivity index (χ3v) is 3.14. The standard InChI is InChI=1S/C15H19N3O3/c1-10-16-7-6-14(17-10)18(2)11-8-12(19-3)15(21-5)13(9-11)20-4/h6-9H,1-5H3. The molecule has 21 heavy (non-hydrogen) atoms. The van der Waals surface area contributed by atoms with Crippen molar-refractivity contribution in [3.8, 4) is 17.2 Å². The van der Waals surface area contributed by atoms with Crippen LogP contribution in [-0.4, -0.2) is 38.3 Å². The number of aromatic nitrogens is 2. The van der Waals surface area contributed by atoms with Gasteiger partial charge < -0.3 is 19.1 Å². The highest BCUT2D eigenvalue weighted by atomic mass is 16.5. The maximum absolute atomic E-state index is 5.36. The Labute approximate surface area is 124 Å². The van der Waals surface area contributed by atoms with E-state index in [4.69, 9.17) is 14.2 Å². The van der Waals surface area contributed by atoms with Gasteiger partial charge in [0, 0.05) is 31.1 Å². The molecular weight excluding hydrogens is 270 g/mol. The average Bonchev–Trinajstić information content (AvgIpc) is 2.52. The van der Waals surface area contributed by atoms with Gasteiger partial charge in [0.2, 0.25) is 5.75 Å². The molecule has 0 aliphatic rings. The second kappa shape index (κ2) is 6.30. The van der Waals surface area contributed by atoms with E-state index in [-0.39, 0.29) is 0 Å². The second-order valence-electron chi connectivity index (χ2n) is 4.40. The Kier molecular flexibility index (Phi) is 4.47. The number of aryl methyl sites for hydroxylation is 1. The predicted molar refractivity (Wildman–Crippen MR) is 80.9 cm³/mol. The lowest BCUT2D eigenvalue weighted by molar-refractivity contribution is 0.324. The molecule has 0 spiro atoms. The van der Waals surface area contributed by atoms with Gasteiger partial charge in [-0.05, 0) is 13.0 Å². The highest BCUT2D eigenvalue weighted by molar-refractivity contribution is 5.68. The Morgan fingerprint density at radius 2 is 1.62 bits per heavy atom. The molecule has 1 aromatic carbocycles. The Hall–Kier alpha value is -2.50. The van der Waals surface area contributed by atoms with E-state index < -0.39 is 0 Å². The molecule has 112 valence electrons.